The Balaban J connectivity index is 0.913. The van der Waals surface area contributed by atoms with E-state index in [-0.39, 0.29) is 6.71 Å². The van der Waals surface area contributed by atoms with Crippen LogP contribution in [0, 0.1) is 0 Å². The molecule has 0 N–H and O–H groups in total. The van der Waals surface area contributed by atoms with Crippen molar-refractivity contribution in [1.82, 2.24) is 0 Å². The second-order valence-electron chi connectivity index (χ2n) is 24.6. The number of furan rings is 1. The van der Waals surface area contributed by atoms with Gasteiger partial charge in [-0.05, 0) is 183 Å². The van der Waals surface area contributed by atoms with Gasteiger partial charge < -0.3 is 14.2 Å². The molecule has 0 bridgehead atoms. The van der Waals surface area contributed by atoms with E-state index >= 15 is 0 Å². The van der Waals surface area contributed by atoms with Crippen LogP contribution in [0.1, 0.15) is 0 Å². The van der Waals surface area contributed by atoms with Crippen LogP contribution < -0.4 is 26.2 Å². The van der Waals surface area contributed by atoms with Crippen LogP contribution in [0.3, 0.4) is 0 Å². The van der Waals surface area contributed by atoms with Gasteiger partial charge in [-0.15, -0.1) is 0 Å². The zero-order valence-corrected chi connectivity index (χ0v) is 51.4. The van der Waals surface area contributed by atoms with Crippen molar-refractivity contribution in [1.29, 1.82) is 0 Å². The van der Waals surface area contributed by atoms with Gasteiger partial charge in [0.05, 0.1) is 0 Å². The minimum Gasteiger partial charge on any atom is -0.456 e. The number of rotatable bonds is 11. The van der Waals surface area contributed by atoms with E-state index in [1.54, 1.807) is 0 Å². The summed E-state index contributed by atoms with van der Waals surface area (Å²) < 4.78 is 6.51. The van der Waals surface area contributed by atoms with Gasteiger partial charge in [-0.25, -0.2) is 0 Å². The van der Waals surface area contributed by atoms with Gasteiger partial charge in [0, 0.05) is 44.9 Å². The Hall–Kier alpha value is -12.2. The number of fused-ring (bicyclic) bond motifs is 7. The second-order valence-corrected chi connectivity index (χ2v) is 24.6. The largest absolute Gasteiger partial charge is 0.456 e. The average molecular weight is 1200 g/mol. The van der Waals surface area contributed by atoms with Crippen molar-refractivity contribution < 1.29 is 4.42 Å². The molecule has 2 aliphatic heterocycles. The predicted octanol–water partition coefficient (Wildman–Crippen LogP) is 22.7. The van der Waals surface area contributed by atoms with Crippen LogP contribution in [-0.4, -0.2) is 6.71 Å². The zero-order valence-electron chi connectivity index (χ0n) is 51.4. The van der Waals surface area contributed by atoms with Gasteiger partial charge in [0.25, 0.3) is 6.71 Å². The molecule has 438 valence electrons. The molecular formula is C90H59BN2O. The summed E-state index contributed by atoms with van der Waals surface area (Å²) in [5.41, 5.74) is 33.2. The number of benzene rings is 15. The van der Waals surface area contributed by atoms with Gasteiger partial charge in [0.15, 0.2) is 0 Å². The Labute approximate surface area is 548 Å². The fraction of sp³-hybridized carbons (Fsp3) is 0. The standard InChI is InChI=1S/C90H59BN2O/c1-5-23-60(24-6-1)72-31-13-15-35-76(72)64-41-48-70(49-42-64)92-84-52-45-67(78-37-19-17-33-74(78)62-27-9-3-10-28-62)56-82(84)91-83-57-68(79-38-20-18-34-75(79)63-29-11-4-12-30-63)46-53-85(83)93(71-50-43-65(44-51-71)77-36-16-14-32-73(77)61-25-7-2-8-26-61)87-59-69(58-86(92)90(87)91)66-47-54-89-81(55-66)80-39-21-22-40-88(80)94-89/h1-59H. The highest BCUT2D eigenvalue weighted by molar-refractivity contribution is 7.00. The smallest absolute Gasteiger partial charge is 0.252 e. The Morgan fingerprint density at radius 2 is 0.511 bits per heavy atom. The molecule has 0 saturated carbocycles. The fourth-order valence-corrected chi connectivity index (χ4v) is 15.0. The van der Waals surface area contributed by atoms with Crippen molar-refractivity contribution in [2.75, 3.05) is 9.80 Å². The Kier molecular flexibility index (Phi) is 13.3. The lowest BCUT2D eigenvalue weighted by Gasteiger charge is -2.45. The molecule has 16 aromatic rings. The van der Waals surface area contributed by atoms with E-state index in [0.717, 1.165) is 89.4 Å². The maximum Gasteiger partial charge on any atom is 0.252 e. The molecule has 0 amide bonds. The molecule has 1 aromatic heterocycles. The first-order valence-electron chi connectivity index (χ1n) is 32.4. The normalized spacial score (nSPS) is 12.2. The maximum atomic E-state index is 6.51. The first-order valence-corrected chi connectivity index (χ1v) is 32.4. The van der Waals surface area contributed by atoms with Crippen LogP contribution in [0.4, 0.5) is 34.1 Å². The minimum atomic E-state index is -0.210. The van der Waals surface area contributed by atoms with Crippen molar-refractivity contribution in [3.63, 3.8) is 0 Å². The highest BCUT2D eigenvalue weighted by atomic mass is 16.3. The lowest BCUT2D eigenvalue weighted by atomic mass is 9.33. The SMILES string of the molecule is c1ccc(-c2ccccc2-c2ccc(N3c4ccc(-c5ccccc5-c5ccccc5)cc4B4c5cc(-c6ccccc6-c6ccccc6)ccc5N(c5ccc(-c6ccccc6-c6ccccc6)cc5)c5cc(-c6ccc7oc8ccccc8c7c6)cc3c54)cc2)cc1. The third-order valence-corrected chi connectivity index (χ3v) is 19.3. The number of para-hydroxylation sites is 1. The van der Waals surface area contributed by atoms with Crippen LogP contribution in [0.15, 0.2) is 362 Å². The van der Waals surface area contributed by atoms with E-state index < -0.39 is 0 Å². The minimum absolute atomic E-state index is 0.210. The summed E-state index contributed by atoms with van der Waals surface area (Å²) in [5.74, 6) is 0. The molecule has 94 heavy (non-hydrogen) atoms. The Morgan fingerprint density at radius 3 is 0.904 bits per heavy atom. The molecule has 0 saturated heterocycles. The van der Waals surface area contributed by atoms with Gasteiger partial charge in [-0.2, -0.15) is 0 Å². The average Bonchev–Trinajstić information content (AvgIpc) is 0.785. The first-order chi connectivity index (χ1) is 46.6. The van der Waals surface area contributed by atoms with E-state index in [4.69, 9.17) is 4.42 Å². The Morgan fingerprint density at radius 1 is 0.202 bits per heavy atom. The maximum absolute atomic E-state index is 6.51. The van der Waals surface area contributed by atoms with E-state index in [0.29, 0.717) is 0 Å². The monoisotopic (exact) mass is 1190 g/mol. The number of anilines is 6. The van der Waals surface area contributed by atoms with Gasteiger partial charge in [0.1, 0.15) is 11.2 Å². The molecule has 3 heterocycles. The molecule has 4 heteroatoms. The molecule has 0 atom stereocenters. The molecule has 0 fully saturated rings. The summed E-state index contributed by atoms with van der Waals surface area (Å²) in [4.78, 5) is 5.11. The Bertz CT molecular complexity index is 5260. The number of hydrogen-bond acceptors (Lipinski definition) is 3. The van der Waals surface area contributed by atoms with Gasteiger partial charge >= 0.3 is 0 Å². The summed E-state index contributed by atoms with van der Waals surface area (Å²) >= 11 is 0. The zero-order chi connectivity index (χ0) is 62.1. The quantitative estimate of drug-likeness (QED) is 0.120. The van der Waals surface area contributed by atoms with Crippen molar-refractivity contribution in [3.05, 3.63) is 358 Å². The summed E-state index contributed by atoms with van der Waals surface area (Å²) in [7, 11) is 0. The highest BCUT2D eigenvalue weighted by Gasteiger charge is 2.44. The van der Waals surface area contributed by atoms with E-state index in [2.05, 4.69) is 362 Å². The topological polar surface area (TPSA) is 19.6 Å². The molecule has 0 radical (unpaired) electrons. The molecule has 18 rings (SSSR count). The highest BCUT2D eigenvalue weighted by Crippen LogP contribution is 2.49. The van der Waals surface area contributed by atoms with Crippen LogP contribution in [0.25, 0.3) is 122 Å². The van der Waals surface area contributed by atoms with Crippen molar-refractivity contribution in [2.24, 2.45) is 0 Å². The van der Waals surface area contributed by atoms with Crippen LogP contribution in [0.2, 0.25) is 0 Å². The third-order valence-electron chi connectivity index (χ3n) is 19.3. The summed E-state index contributed by atoms with van der Waals surface area (Å²) in [6.07, 6.45) is 0. The second kappa shape index (κ2) is 22.9. The van der Waals surface area contributed by atoms with E-state index in [1.807, 2.05) is 6.07 Å². The summed E-state index contributed by atoms with van der Waals surface area (Å²) in [6, 6.07) is 132. The molecule has 3 nitrogen and oxygen atoms in total. The first kappa shape index (κ1) is 54.7. The number of nitrogens with zero attached hydrogens (tertiary/aromatic N) is 2. The van der Waals surface area contributed by atoms with Crippen LogP contribution in [-0.2, 0) is 0 Å². The lowest BCUT2D eigenvalue weighted by molar-refractivity contribution is 0.669. The van der Waals surface area contributed by atoms with Crippen molar-refractivity contribution in [2.45, 2.75) is 0 Å². The molecule has 0 spiro atoms. The van der Waals surface area contributed by atoms with Gasteiger partial charge in [-0.1, -0.05) is 291 Å². The number of hydrogen-bond donors (Lipinski definition) is 0. The van der Waals surface area contributed by atoms with Gasteiger partial charge in [0.2, 0.25) is 0 Å². The third kappa shape index (κ3) is 9.37. The predicted molar refractivity (Wildman–Crippen MR) is 397 cm³/mol. The lowest BCUT2D eigenvalue weighted by Crippen LogP contribution is -2.61. The molecular weight excluding hydrogens is 1140 g/mol. The molecule has 0 aliphatic carbocycles. The van der Waals surface area contributed by atoms with E-state index in [9.17, 15) is 0 Å². The summed E-state index contributed by atoms with van der Waals surface area (Å²) in [6.45, 7) is -0.210. The van der Waals surface area contributed by atoms with Crippen LogP contribution >= 0.6 is 0 Å². The molecule has 2 aliphatic rings. The van der Waals surface area contributed by atoms with Crippen molar-refractivity contribution in [3.8, 4) is 100 Å². The van der Waals surface area contributed by atoms with Crippen molar-refractivity contribution >= 4 is 79.2 Å². The van der Waals surface area contributed by atoms with E-state index in [1.165, 1.54) is 83.1 Å². The molecule has 0 unspecified atom stereocenters. The van der Waals surface area contributed by atoms with Gasteiger partial charge in [-0.3, -0.25) is 0 Å². The summed E-state index contributed by atoms with van der Waals surface area (Å²) in [5, 5.41) is 2.19. The van der Waals surface area contributed by atoms with Crippen LogP contribution in [0.5, 0.6) is 0 Å². The fourth-order valence-electron chi connectivity index (χ4n) is 15.0. The molecule has 15 aromatic carbocycles.